The van der Waals surface area contributed by atoms with Crippen molar-refractivity contribution in [3.63, 3.8) is 0 Å². The van der Waals surface area contributed by atoms with Crippen molar-refractivity contribution in [3.05, 3.63) is 59.7 Å². The fourth-order valence-corrected chi connectivity index (χ4v) is 5.96. The minimum Gasteiger partial charge on any atom is -0.448 e. The topological polar surface area (TPSA) is 66.5 Å². The zero-order chi connectivity index (χ0) is 23.7. The molecule has 3 aliphatic heterocycles. The first-order valence-electron chi connectivity index (χ1n) is 12.0. The van der Waals surface area contributed by atoms with Crippen molar-refractivity contribution < 1.29 is 28.5 Å². The third kappa shape index (κ3) is 3.62. The van der Waals surface area contributed by atoms with Crippen LogP contribution in [-0.2, 0) is 23.7 Å². The number of benzene rings is 2. The number of nitrogens with zero attached hydrogens (tertiary/aromatic N) is 1. The number of amides is 1. The highest BCUT2D eigenvalue weighted by Gasteiger charge is 2.58. The molecule has 2 aromatic carbocycles. The third-order valence-corrected chi connectivity index (χ3v) is 7.28. The number of fused-ring (bicyclic) bond motifs is 4. The molecular weight excluding hydrogens is 434 g/mol. The van der Waals surface area contributed by atoms with Gasteiger partial charge in [-0.1, -0.05) is 48.5 Å². The van der Waals surface area contributed by atoms with Crippen molar-refractivity contribution in [3.8, 4) is 11.1 Å². The average molecular weight is 466 g/mol. The van der Waals surface area contributed by atoms with E-state index < -0.39 is 11.6 Å². The van der Waals surface area contributed by atoms with Crippen molar-refractivity contribution in [2.45, 2.75) is 69.5 Å². The molecule has 0 radical (unpaired) electrons. The maximum absolute atomic E-state index is 13.4. The summed E-state index contributed by atoms with van der Waals surface area (Å²) in [5.41, 5.74) is 4.79. The van der Waals surface area contributed by atoms with Gasteiger partial charge in [-0.3, -0.25) is 4.90 Å². The molecule has 7 nitrogen and oxygen atoms in total. The van der Waals surface area contributed by atoms with E-state index in [1.807, 2.05) is 52.0 Å². The van der Waals surface area contributed by atoms with Gasteiger partial charge in [0.25, 0.3) is 0 Å². The average Bonchev–Trinajstić information content (AvgIpc) is 3.50. The first-order chi connectivity index (χ1) is 16.2. The summed E-state index contributed by atoms with van der Waals surface area (Å²) >= 11 is 0. The Balaban J connectivity index is 1.22. The smallest absolute Gasteiger partial charge is 0.410 e. The molecule has 1 amide bonds. The highest BCUT2D eigenvalue weighted by atomic mass is 16.8. The van der Waals surface area contributed by atoms with E-state index >= 15 is 0 Å². The molecule has 3 heterocycles. The molecule has 4 atom stereocenters. The normalized spacial score (nSPS) is 30.8. The second kappa shape index (κ2) is 7.78. The van der Waals surface area contributed by atoms with Gasteiger partial charge in [-0.15, -0.1) is 0 Å². The van der Waals surface area contributed by atoms with Gasteiger partial charge in [0.15, 0.2) is 11.6 Å². The van der Waals surface area contributed by atoms with E-state index in [1.165, 1.54) is 22.3 Å². The summed E-state index contributed by atoms with van der Waals surface area (Å²) in [6.07, 6.45) is -1.21. The maximum Gasteiger partial charge on any atom is 0.410 e. The van der Waals surface area contributed by atoms with Gasteiger partial charge >= 0.3 is 6.09 Å². The molecule has 0 bridgehead atoms. The number of rotatable bonds is 3. The predicted molar refractivity (Wildman–Crippen MR) is 124 cm³/mol. The maximum atomic E-state index is 13.4. The lowest BCUT2D eigenvalue weighted by molar-refractivity contribution is -0.175. The Morgan fingerprint density at radius 3 is 2.15 bits per heavy atom. The Bertz CT molecular complexity index is 1070. The highest BCUT2D eigenvalue weighted by molar-refractivity contribution is 5.79. The number of hydrogen-bond donors (Lipinski definition) is 0. The number of carbonyl (C=O) groups is 1. The van der Waals surface area contributed by atoms with Crippen LogP contribution in [0, 0.1) is 0 Å². The second-order valence-corrected chi connectivity index (χ2v) is 10.5. The van der Waals surface area contributed by atoms with Gasteiger partial charge in [-0.05, 0) is 49.9 Å². The molecular formula is C27H31NO6. The van der Waals surface area contributed by atoms with E-state index in [2.05, 4.69) is 24.3 Å². The quantitative estimate of drug-likeness (QED) is 0.674. The van der Waals surface area contributed by atoms with Gasteiger partial charge in [0.2, 0.25) is 0 Å². The van der Waals surface area contributed by atoms with Crippen LogP contribution in [-0.4, -0.2) is 66.7 Å². The molecule has 2 aromatic rings. The molecule has 0 aromatic heterocycles. The summed E-state index contributed by atoms with van der Waals surface area (Å²) < 4.78 is 30.2. The van der Waals surface area contributed by atoms with Gasteiger partial charge in [0.05, 0.1) is 19.2 Å². The zero-order valence-corrected chi connectivity index (χ0v) is 20.0. The molecule has 3 saturated heterocycles. The first kappa shape index (κ1) is 22.0. The molecule has 0 saturated carbocycles. The van der Waals surface area contributed by atoms with Crippen LogP contribution in [0.4, 0.5) is 4.79 Å². The van der Waals surface area contributed by atoms with E-state index in [4.69, 9.17) is 23.7 Å². The Labute approximate surface area is 199 Å². The van der Waals surface area contributed by atoms with Gasteiger partial charge < -0.3 is 23.7 Å². The molecule has 3 fully saturated rings. The Hall–Kier alpha value is -2.45. The summed E-state index contributed by atoms with van der Waals surface area (Å²) in [6, 6.07) is 16.3. The van der Waals surface area contributed by atoms with Crippen LogP contribution < -0.4 is 0 Å². The van der Waals surface area contributed by atoms with E-state index in [0.29, 0.717) is 13.2 Å². The van der Waals surface area contributed by atoms with Crippen LogP contribution in [0.1, 0.15) is 44.7 Å². The standard InChI is InChI=1S/C27H31NO6/c1-26(2)31-15-22(33-26)23-24-21(32-27(3,4)34-24)13-28(23)25(29)30-14-20-18-11-7-5-9-16(18)17-10-6-8-12-19(17)20/h5-12,20-24H,13-15H2,1-4H3/t21-,22-,23+,24-/m0/s1. The summed E-state index contributed by atoms with van der Waals surface area (Å²) in [4.78, 5) is 15.2. The molecule has 0 unspecified atom stereocenters. The lowest BCUT2D eigenvalue weighted by Crippen LogP contribution is -2.50. The van der Waals surface area contributed by atoms with Gasteiger partial charge in [-0.25, -0.2) is 4.79 Å². The summed E-state index contributed by atoms with van der Waals surface area (Å²) in [5, 5.41) is 0. The molecule has 6 rings (SSSR count). The van der Waals surface area contributed by atoms with Crippen molar-refractivity contribution >= 4 is 6.09 Å². The molecule has 1 aliphatic carbocycles. The first-order valence-corrected chi connectivity index (χ1v) is 12.0. The van der Waals surface area contributed by atoms with Gasteiger partial charge in [0.1, 0.15) is 24.9 Å². The summed E-state index contributed by atoms with van der Waals surface area (Å²) in [6.45, 7) is 8.62. The van der Waals surface area contributed by atoms with Crippen molar-refractivity contribution in [1.29, 1.82) is 0 Å². The number of ether oxygens (including phenoxy) is 5. The second-order valence-electron chi connectivity index (χ2n) is 10.5. The van der Waals surface area contributed by atoms with Crippen LogP contribution >= 0.6 is 0 Å². The molecule has 4 aliphatic rings. The van der Waals surface area contributed by atoms with Crippen molar-refractivity contribution in [1.82, 2.24) is 4.90 Å². The van der Waals surface area contributed by atoms with Crippen molar-refractivity contribution in [2.75, 3.05) is 19.8 Å². The minimum atomic E-state index is -0.704. The molecule has 0 N–H and O–H groups in total. The van der Waals surface area contributed by atoms with Crippen LogP contribution in [0.2, 0.25) is 0 Å². The number of hydrogen-bond acceptors (Lipinski definition) is 6. The predicted octanol–water partition coefficient (Wildman–Crippen LogP) is 4.29. The van der Waals surface area contributed by atoms with Crippen LogP contribution in [0.3, 0.4) is 0 Å². The summed E-state index contributed by atoms with van der Waals surface area (Å²) in [5.74, 6) is -1.39. The molecule has 7 heteroatoms. The Kier molecular flexibility index (Phi) is 5.04. The fraction of sp³-hybridized carbons (Fsp3) is 0.519. The Morgan fingerprint density at radius 1 is 0.912 bits per heavy atom. The van der Waals surface area contributed by atoms with Gasteiger partial charge in [0, 0.05) is 5.92 Å². The summed E-state index contributed by atoms with van der Waals surface area (Å²) in [7, 11) is 0. The molecule has 0 spiro atoms. The largest absolute Gasteiger partial charge is 0.448 e. The SMILES string of the molecule is CC1(C)O[C@@H]2[C@@H]([C@@H]3COC(C)(C)O3)N(C(=O)OCC3c4ccccc4-c4ccccc43)C[C@@H]2O1. The Morgan fingerprint density at radius 2 is 1.53 bits per heavy atom. The van der Waals surface area contributed by atoms with Crippen molar-refractivity contribution in [2.24, 2.45) is 0 Å². The molecule has 180 valence electrons. The lowest BCUT2D eigenvalue weighted by Gasteiger charge is -2.32. The number of carbonyl (C=O) groups excluding carboxylic acids is 1. The van der Waals surface area contributed by atoms with Gasteiger partial charge in [-0.2, -0.15) is 0 Å². The van der Waals surface area contributed by atoms with E-state index in [1.54, 1.807) is 4.90 Å². The van der Waals surface area contributed by atoms with Crippen LogP contribution in [0.5, 0.6) is 0 Å². The third-order valence-electron chi connectivity index (χ3n) is 7.28. The minimum absolute atomic E-state index is 0.00772. The molecule has 34 heavy (non-hydrogen) atoms. The van der Waals surface area contributed by atoms with Crippen LogP contribution in [0.25, 0.3) is 11.1 Å². The fourth-order valence-electron chi connectivity index (χ4n) is 5.96. The van der Waals surface area contributed by atoms with Crippen LogP contribution in [0.15, 0.2) is 48.5 Å². The lowest BCUT2D eigenvalue weighted by atomic mass is 9.98. The highest BCUT2D eigenvalue weighted by Crippen LogP contribution is 2.45. The van der Waals surface area contributed by atoms with E-state index in [-0.39, 0.29) is 43.0 Å². The van der Waals surface area contributed by atoms with E-state index in [0.717, 1.165) is 0 Å². The monoisotopic (exact) mass is 465 g/mol. The zero-order valence-electron chi connectivity index (χ0n) is 20.0. The number of likely N-dealkylation sites (tertiary alicyclic amines) is 1. The van der Waals surface area contributed by atoms with E-state index in [9.17, 15) is 4.79 Å².